The van der Waals surface area contributed by atoms with Crippen molar-refractivity contribution in [3.63, 3.8) is 0 Å². The molecule has 4 aliphatic rings. The summed E-state index contributed by atoms with van der Waals surface area (Å²) in [6.45, 7) is 0.532. The van der Waals surface area contributed by atoms with Crippen LogP contribution < -0.4 is 18.9 Å². The molecule has 2 aromatic rings. The van der Waals surface area contributed by atoms with E-state index in [9.17, 15) is 80.5 Å². The number of carbonyl (C=O) groups excluding carboxylic acids is 3. The van der Waals surface area contributed by atoms with Gasteiger partial charge in [-0.15, -0.1) is 0 Å². The smallest absolute Gasteiger partial charge is 0.341 e. The molecule has 4 heterocycles. The minimum absolute atomic E-state index is 0.00551. The molecule has 0 amide bonds. The van der Waals surface area contributed by atoms with Crippen molar-refractivity contribution in [1.82, 2.24) is 0 Å². The SMILES string of the molecule is COc1cc(O[C@@H]2O[C@H](CO)[C@@H](O)[C@H](O)[C@H]2O)c(CCC(=O)OC[C@H]2O[C@@H](Oc3cc(OC)c(C4OC(=O)C(C)(O)C4O)cc3CCC(=O)O)[C@H](O)[C@@H](O)[C@@H]2O)cc1C1OC(=O)C(C)(O)C1O. The van der Waals surface area contributed by atoms with Gasteiger partial charge in [0.15, 0.2) is 23.4 Å². The fourth-order valence-electron chi connectivity index (χ4n) is 7.85. The number of ether oxygens (including phenoxy) is 9. The average molecular weight is 959 g/mol. The van der Waals surface area contributed by atoms with Crippen LogP contribution >= 0.6 is 0 Å². The molecule has 4 aliphatic heterocycles. The first kappa shape index (κ1) is 51.4. The number of cyclic esters (lactones) is 2. The van der Waals surface area contributed by atoms with E-state index in [4.69, 9.17) is 42.6 Å². The van der Waals surface area contributed by atoms with Crippen molar-refractivity contribution in [3.05, 3.63) is 46.5 Å². The van der Waals surface area contributed by atoms with Gasteiger partial charge in [-0.25, -0.2) is 9.59 Å². The van der Waals surface area contributed by atoms with E-state index in [0.717, 1.165) is 13.8 Å². The lowest BCUT2D eigenvalue weighted by atomic mass is 9.92. The van der Waals surface area contributed by atoms with Gasteiger partial charge in [0.05, 0.1) is 20.8 Å². The van der Waals surface area contributed by atoms with Crippen molar-refractivity contribution in [2.24, 2.45) is 0 Å². The molecule has 0 spiro atoms. The van der Waals surface area contributed by atoms with E-state index in [1.54, 1.807) is 0 Å². The molecule has 372 valence electrons. The summed E-state index contributed by atoms with van der Waals surface area (Å²) in [7, 11) is 2.42. The van der Waals surface area contributed by atoms with E-state index in [0.29, 0.717) is 0 Å². The van der Waals surface area contributed by atoms with Gasteiger partial charge in [0.1, 0.15) is 90.6 Å². The van der Waals surface area contributed by atoms with Gasteiger partial charge < -0.3 is 104 Å². The first-order valence-electron chi connectivity index (χ1n) is 20.8. The number of aliphatic hydroxyl groups excluding tert-OH is 9. The molecule has 25 nitrogen and oxygen atoms in total. The predicted molar refractivity (Wildman–Crippen MR) is 214 cm³/mol. The fourth-order valence-corrected chi connectivity index (χ4v) is 7.85. The topological polar surface area (TPSA) is 394 Å². The second kappa shape index (κ2) is 20.3. The molecule has 12 N–H and O–H groups in total. The number of carboxylic acids is 1. The summed E-state index contributed by atoms with van der Waals surface area (Å²) in [5.41, 5.74) is -4.44. The largest absolute Gasteiger partial charge is 0.496 e. The highest BCUT2D eigenvalue weighted by Gasteiger charge is 2.56. The van der Waals surface area contributed by atoms with E-state index in [-0.39, 0.29) is 58.1 Å². The highest BCUT2D eigenvalue weighted by atomic mass is 16.7. The van der Waals surface area contributed by atoms with E-state index >= 15 is 0 Å². The van der Waals surface area contributed by atoms with Crippen LogP contribution in [0, 0.1) is 0 Å². The second-order valence-corrected chi connectivity index (χ2v) is 16.8. The van der Waals surface area contributed by atoms with E-state index in [1.807, 2.05) is 0 Å². The Labute approximate surface area is 380 Å². The van der Waals surface area contributed by atoms with Crippen molar-refractivity contribution < 1.29 is 123 Å². The normalized spacial score (nSPS) is 36.2. The van der Waals surface area contributed by atoms with Crippen LogP contribution in [0.25, 0.3) is 0 Å². The van der Waals surface area contributed by atoms with Crippen LogP contribution in [0.15, 0.2) is 24.3 Å². The van der Waals surface area contributed by atoms with Gasteiger partial charge in [-0.3, -0.25) is 9.59 Å². The molecule has 6 unspecified atom stereocenters. The summed E-state index contributed by atoms with van der Waals surface area (Å²) in [5, 5.41) is 126. The average Bonchev–Trinajstić information content (AvgIpc) is 3.63. The number of rotatable bonds is 17. The highest BCUT2D eigenvalue weighted by molar-refractivity contribution is 5.83. The van der Waals surface area contributed by atoms with Gasteiger partial charge in [-0.1, -0.05) is 0 Å². The van der Waals surface area contributed by atoms with Crippen molar-refractivity contribution in [2.75, 3.05) is 27.4 Å². The maximum absolute atomic E-state index is 13.3. The molecule has 4 fully saturated rings. The lowest BCUT2D eigenvalue weighted by Crippen LogP contribution is -2.60. The number of carbonyl (C=O) groups is 4. The molecule has 2 aromatic carbocycles. The summed E-state index contributed by atoms with van der Waals surface area (Å²) < 4.78 is 49.7. The Kier molecular flexibility index (Phi) is 15.6. The van der Waals surface area contributed by atoms with Crippen molar-refractivity contribution in [3.8, 4) is 23.0 Å². The lowest BCUT2D eigenvalue weighted by molar-refractivity contribution is -0.278. The Morgan fingerprint density at radius 3 is 1.42 bits per heavy atom. The van der Waals surface area contributed by atoms with Gasteiger partial charge in [0.25, 0.3) is 0 Å². The fraction of sp³-hybridized carbons (Fsp3) is 0.619. The quantitative estimate of drug-likeness (QED) is 0.0527. The number of aliphatic carboxylic acids is 1. The summed E-state index contributed by atoms with van der Waals surface area (Å²) >= 11 is 0. The molecule has 6 rings (SSSR count). The first-order valence-corrected chi connectivity index (χ1v) is 20.8. The van der Waals surface area contributed by atoms with Gasteiger partial charge in [-0.05, 0) is 49.9 Å². The molecule has 4 saturated heterocycles. The summed E-state index contributed by atoms with van der Waals surface area (Å²) in [6, 6.07) is 4.98. The number of hydrogen-bond donors (Lipinski definition) is 12. The Hall–Kier alpha value is -5.00. The Morgan fingerprint density at radius 2 is 1.03 bits per heavy atom. The third-order valence-corrected chi connectivity index (χ3v) is 12.1. The van der Waals surface area contributed by atoms with E-state index in [2.05, 4.69) is 0 Å². The maximum Gasteiger partial charge on any atom is 0.341 e. The van der Waals surface area contributed by atoms with Gasteiger partial charge in [-0.2, -0.15) is 0 Å². The molecule has 67 heavy (non-hydrogen) atoms. The molecule has 0 bridgehead atoms. The molecule has 16 atom stereocenters. The Bertz CT molecular complexity index is 2140. The number of aryl methyl sites for hydroxylation is 2. The van der Waals surface area contributed by atoms with Crippen LogP contribution in [0.2, 0.25) is 0 Å². The number of aliphatic hydroxyl groups is 11. The van der Waals surface area contributed by atoms with Crippen LogP contribution in [-0.4, -0.2) is 197 Å². The van der Waals surface area contributed by atoms with E-state index < -0.39 is 147 Å². The van der Waals surface area contributed by atoms with Gasteiger partial charge in [0, 0.05) is 36.1 Å². The molecular formula is C42H54O25. The number of hydrogen-bond acceptors (Lipinski definition) is 24. The van der Waals surface area contributed by atoms with Crippen LogP contribution in [0.1, 0.15) is 61.2 Å². The van der Waals surface area contributed by atoms with Crippen molar-refractivity contribution >= 4 is 23.9 Å². The zero-order valence-corrected chi connectivity index (χ0v) is 36.3. The zero-order valence-electron chi connectivity index (χ0n) is 36.3. The zero-order chi connectivity index (χ0) is 49.4. The van der Waals surface area contributed by atoms with Crippen LogP contribution in [0.5, 0.6) is 23.0 Å². The number of carboxylic acid groups (broad SMARTS) is 1. The van der Waals surface area contributed by atoms with Crippen molar-refractivity contribution in [1.29, 1.82) is 0 Å². The number of benzene rings is 2. The summed E-state index contributed by atoms with van der Waals surface area (Å²) in [6.07, 6.45) is -25.8. The monoisotopic (exact) mass is 958 g/mol. The third-order valence-electron chi connectivity index (χ3n) is 12.1. The lowest BCUT2D eigenvalue weighted by Gasteiger charge is -2.40. The Morgan fingerprint density at radius 1 is 0.612 bits per heavy atom. The molecule has 0 radical (unpaired) electrons. The third kappa shape index (κ3) is 10.2. The van der Waals surface area contributed by atoms with Crippen LogP contribution in [0.4, 0.5) is 0 Å². The molecule has 25 heteroatoms. The molecule has 0 saturated carbocycles. The van der Waals surface area contributed by atoms with Gasteiger partial charge >= 0.3 is 23.9 Å². The Balaban J connectivity index is 1.20. The first-order chi connectivity index (χ1) is 31.5. The summed E-state index contributed by atoms with van der Waals surface area (Å²) in [5.74, 6) is -5.02. The summed E-state index contributed by atoms with van der Waals surface area (Å²) in [4.78, 5) is 49.7. The number of esters is 3. The molecular weight excluding hydrogens is 904 g/mol. The van der Waals surface area contributed by atoms with E-state index in [1.165, 1.54) is 38.5 Å². The molecule has 0 aliphatic carbocycles. The predicted octanol–water partition coefficient (Wildman–Crippen LogP) is -4.32. The van der Waals surface area contributed by atoms with Crippen LogP contribution in [-0.2, 0) is 55.7 Å². The highest BCUT2D eigenvalue weighted by Crippen LogP contribution is 2.45. The van der Waals surface area contributed by atoms with Crippen LogP contribution in [0.3, 0.4) is 0 Å². The minimum atomic E-state index is -2.33. The standard InChI is InChI=1S/C42H54O25/c1-41(57)35(53)33(66-39(41)55)17-9-15(5-7-25(44)45)19(11-21(17)59-3)63-38-32(52)30(50)28(48)24(65-38)14-61-26(46)8-6-16-10-18(34-36(54)42(2,58)40(56)67-34)22(60-4)12-20(16)62-37-31(51)29(49)27(47)23(13-43)64-37/h9-12,23-24,27-38,43,47-54,57-58H,5-8,13-14H2,1-4H3,(H,44,45)/t23-,24-,27-,28-,29+,30+,31-,32-,33?,34?,35?,36?,37-,38-,41?,42?/m1/s1. The molecule has 0 aromatic heterocycles. The minimum Gasteiger partial charge on any atom is -0.496 e. The number of methoxy groups -OCH3 is 2. The van der Waals surface area contributed by atoms with Crippen molar-refractivity contribution in [2.45, 2.75) is 137 Å². The second-order valence-electron chi connectivity index (χ2n) is 16.8. The maximum atomic E-state index is 13.3. The van der Waals surface area contributed by atoms with Gasteiger partial charge in [0.2, 0.25) is 12.6 Å².